The van der Waals surface area contributed by atoms with Gasteiger partial charge in [-0.05, 0) is 44.4 Å². The topological polar surface area (TPSA) is 46.1 Å². The molecule has 4 fully saturated rings. The Morgan fingerprint density at radius 3 is 2.55 bits per heavy atom. The summed E-state index contributed by atoms with van der Waals surface area (Å²) in [5.41, 5.74) is 2.67. The van der Waals surface area contributed by atoms with Gasteiger partial charge in [-0.1, -0.05) is 12.1 Å². The second-order valence-corrected chi connectivity index (χ2v) is 8.37. The van der Waals surface area contributed by atoms with Gasteiger partial charge in [-0.25, -0.2) is 0 Å². The molecule has 1 aromatic carbocycles. The van der Waals surface area contributed by atoms with Crippen LogP contribution in [0.3, 0.4) is 0 Å². The zero-order valence-electron chi connectivity index (χ0n) is 17.9. The normalized spacial score (nSPS) is 27.4. The minimum Gasteiger partial charge on any atom is -0.372 e. The maximum Gasteiger partial charge on any atom is 0.191 e. The van der Waals surface area contributed by atoms with Crippen molar-refractivity contribution in [2.75, 3.05) is 63.8 Å². The molecule has 2 bridgehead atoms. The fourth-order valence-electron chi connectivity index (χ4n) is 4.67. The van der Waals surface area contributed by atoms with Crippen molar-refractivity contribution in [3.8, 4) is 0 Å². The van der Waals surface area contributed by atoms with Gasteiger partial charge in [0.25, 0.3) is 0 Å². The highest BCUT2D eigenvalue weighted by atomic mass is 127. The van der Waals surface area contributed by atoms with E-state index in [9.17, 15) is 0 Å². The molecule has 29 heavy (non-hydrogen) atoms. The Balaban J connectivity index is 0.00000240. The van der Waals surface area contributed by atoms with Crippen LogP contribution in [-0.2, 0) is 0 Å². The molecule has 4 aliphatic rings. The number of hydrogen-bond donors (Lipinski definition) is 2. The van der Waals surface area contributed by atoms with Gasteiger partial charge >= 0.3 is 0 Å². The summed E-state index contributed by atoms with van der Waals surface area (Å²) < 4.78 is 0. The number of aliphatic imine (C=N–C) groups is 1. The molecule has 0 aromatic heterocycles. The Hall–Kier alpha value is -1.06. The number of guanidine groups is 1. The molecule has 0 radical (unpaired) electrons. The molecule has 0 spiro atoms. The Kier molecular flexibility index (Phi) is 8.44. The number of benzene rings is 1. The van der Waals surface area contributed by atoms with Crippen LogP contribution in [0.2, 0.25) is 0 Å². The number of hydrogen-bond acceptors (Lipinski definition) is 4. The standard InChI is InChI=1S/C22H36N6.HI/c1-3-23-22(24-16-21-17-26-11-13-28(21)14-12-26)25-18(2)19-7-6-8-20(15-19)27-9-4-5-10-27;/h6-8,15,18,21H,3-5,9-14,16-17H2,1-2H3,(H2,23,24,25);1H. The molecular formula is C22H37IN6. The van der Waals surface area contributed by atoms with E-state index in [2.05, 4.69) is 63.4 Å². The smallest absolute Gasteiger partial charge is 0.191 e. The van der Waals surface area contributed by atoms with Crippen LogP contribution in [0, 0.1) is 0 Å². The summed E-state index contributed by atoms with van der Waals surface area (Å²) >= 11 is 0. The lowest BCUT2D eigenvalue weighted by atomic mass is 10.1. The molecule has 2 N–H and O–H groups in total. The van der Waals surface area contributed by atoms with E-state index in [0.29, 0.717) is 6.04 Å². The lowest BCUT2D eigenvalue weighted by Crippen LogP contribution is -2.62. The molecule has 4 aliphatic heterocycles. The van der Waals surface area contributed by atoms with Crippen molar-refractivity contribution >= 4 is 35.6 Å². The first-order chi connectivity index (χ1) is 13.7. The molecule has 1 aromatic rings. The Labute approximate surface area is 193 Å². The van der Waals surface area contributed by atoms with Crippen molar-refractivity contribution in [2.45, 2.75) is 38.8 Å². The maximum atomic E-state index is 4.94. The van der Waals surface area contributed by atoms with Gasteiger partial charge < -0.3 is 15.5 Å². The van der Waals surface area contributed by atoms with Gasteiger partial charge in [-0.3, -0.25) is 14.8 Å². The van der Waals surface area contributed by atoms with Gasteiger partial charge in [-0.2, -0.15) is 0 Å². The van der Waals surface area contributed by atoms with Crippen molar-refractivity contribution in [3.63, 3.8) is 0 Å². The summed E-state index contributed by atoms with van der Waals surface area (Å²) in [6, 6.07) is 9.78. The Morgan fingerprint density at radius 2 is 1.90 bits per heavy atom. The van der Waals surface area contributed by atoms with Gasteiger partial charge in [0.05, 0.1) is 12.6 Å². The van der Waals surface area contributed by atoms with Gasteiger partial charge in [-0.15, -0.1) is 24.0 Å². The van der Waals surface area contributed by atoms with Gasteiger partial charge in [0.1, 0.15) is 0 Å². The largest absolute Gasteiger partial charge is 0.372 e. The van der Waals surface area contributed by atoms with E-state index >= 15 is 0 Å². The van der Waals surface area contributed by atoms with Crippen LogP contribution in [0.1, 0.15) is 38.3 Å². The molecule has 4 saturated heterocycles. The SMILES string of the molecule is CCNC(=NCC1CN2CCN1CC2)NC(C)c1cccc(N2CCCC2)c1.I. The Morgan fingerprint density at radius 1 is 1.14 bits per heavy atom. The predicted octanol–water partition coefficient (Wildman–Crippen LogP) is 2.52. The first-order valence-corrected chi connectivity index (χ1v) is 11.1. The first-order valence-electron chi connectivity index (χ1n) is 11.1. The third-order valence-electron chi connectivity index (χ3n) is 6.39. The van der Waals surface area contributed by atoms with Crippen LogP contribution in [0.25, 0.3) is 0 Å². The van der Waals surface area contributed by atoms with Gasteiger partial charge in [0, 0.05) is 64.1 Å². The third-order valence-corrected chi connectivity index (χ3v) is 6.39. The average molecular weight is 512 g/mol. The maximum absolute atomic E-state index is 4.94. The molecule has 6 nitrogen and oxygen atoms in total. The highest BCUT2D eigenvalue weighted by molar-refractivity contribution is 14.0. The van der Waals surface area contributed by atoms with Crippen molar-refractivity contribution in [1.82, 2.24) is 20.4 Å². The molecule has 0 saturated carbocycles. The van der Waals surface area contributed by atoms with E-state index < -0.39 is 0 Å². The molecule has 0 amide bonds. The summed E-state index contributed by atoms with van der Waals surface area (Å²) in [4.78, 5) is 12.6. The molecule has 2 unspecified atom stereocenters. The Bertz CT molecular complexity index is 667. The van der Waals surface area contributed by atoms with Crippen LogP contribution < -0.4 is 15.5 Å². The van der Waals surface area contributed by atoms with Crippen molar-refractivity contribution < 1.29 is 0 Å². The van der Waals surface area contributed by atoms with Crippen LogP contribution in [-0.4, -0.2) is 80.7 Å². The van der Waals surface area contributed by atoms with E-state index in [1.807, 2.05) is 0 Å². The number of halogens is 1. The summed E-state index contributed by atoms with van der Waals surface area (Å²) in [5.74, 6) is 0.930. The van der Waals surface area contributed by atoms with E-state index in [-0.39, 0.29) is 30.0 Å². The predicted molar refractivity (Wildman–Crippen MR) is 133 cm³/mol. The minimum absolute atomic E-state index is 0. The first kappa shape index (κ1) is 22.6. The minimum atomic E-state index is 0. The molecule has 5 rings (SSSR count). The quantitative estimate of drug-likeness (QED) is 0.349. The number of rotatable bonds is 6. The number of nitrogens with one attached hydrogen (secondary N) is 2. The van der Waals surface area contributed by atoms with Crippen molar-refractivity contribution in [2.24, 2.45) is 4.99 Å². The molecular weight excluding hydrogens is 475 g/mol. The summed E-state index contributed by atoms with van der Waals surface area (Å²) in [5, 5.41) is 7.06. The number of nitrogens with zero attached hydrogens (tertiary/aromatic N) is 4. The van der Waals surface area contributed by atoms with Crippen molar-refractivity contribution in [3.05, 3.63) is 29.8 Å². The highest BCUT2D eigenvalue weighted by Gasteiger charge is 2.31. The van der Waals surface area contributed by atoms with Crippen LogP contribution in [0.5, 0.6) is 0 Å². The number of piperazine rings is 3. The molecule has 162 valence electrons. The summed E-state index contributed by atoms with van der Waals surface area (Å²) in [6.07, 6.45) is 2.62. The third kappa shape index (κ3) is 5.76. The van der Waals surface area contributed by atoms with Gasteiger partial charge in [0.15, 0.2) is 5.96 Å². The highest BCUT2D eigenvalue weighted by Crippen LogP contribution is 2.24. The van der Waals surface area contributed by atoms with E-state index in [1.165, 1.54) is 63.4 Å². The second-order valence-electron chi connectivity index (χ2n) is 8.37. The van der Waals surface area contributed by atoms with Crippen LogP contribution in [0.4, 0.5) is 5.69 Å². The fourth-order valence-corrected chi connectivity index (χ4v) is 4.67. The van der Waals surface area contributed by atoms with E-state index in [1.54, 1.807) is 0 Å². The molecule has 4 heterocycles. The van der Waals surface area contributed by atoms with Crippen molar-refractivity contribution in [1.29, 1.82) is 0 Å². The van der Waals surface area contributed by atoms with E-state index in [0.717, 1.165) is 25.6 Å². The summed E-state index contributed by atoms with van der Waals surface area (Å²) in [7, 11) is 0. The lowest BCUT2D eigenvalue weighted by Gasteiger charge is -2.47. The zero-order valence-corrected chi connectivity index (χ0v) is 20.3. The summed E-state index contributed by atoms with van der Waals surface area (Å²) in [6.45, 7) is 14.5. The molecule has 2 atom stereocenters. The van der Waals surface area contributed by atoms with Crippen LogP contribution >= 0.6 is 24.0 Å². The lowest BCUT2D eigenvalue weighted by molar-refractivity contribution is 0.0174. The average Bonchev–Trinajstić information content (AvgIpc) is 3.28. The number of fused-ring (bicyclic) bond motifs is 3. The monoisotopic (exact) mass is 512 g/mol. The van der Waals surface area contributed by atoms with Crippen LogP contribution in [0.15, 0.2) is 29.3 Å². The fraction of sp³-hybridized carbons (Fsp3) is 0.682. The second kappa shape index (κ2) is 10.8. The molecule has 7 heteroatoms. The zero-order chi connectivity index (χ0) is 19.3. The van der Waals surface area contributed by atoms with E-state index in [4.69, 9.17) is 4.99 Å². The number of anilines is 1. The molecule has 0 aliphatic carbocycles. The van der Waals surface area contributed by atoms with Gasteiger partial charge in [0.2, 0.25) is 0 Å².